The van der Waals surface area contributed by atoms with E-state index in [-0.39, 0.29) is 12.2 Å². The molecular weight excluding hydrogens is 452 g/mol. The van der Waals surface area contributed by atoms with Gasteiger partial charge in [-0.3, -0.25) is 0 Å². The fraction of sp³-hybridized carbons (Fsp3) is 0.500. The van der Waals surface area contributed by atoms with Gasteiger partial charge >= 0.3 is 13.3 Å². The second kappa shape index (κ2) is 9.07. The van der Waals surface area contributed by atoms with Crippen molar-refractivity contribution in [1.29, 1.82) is 0 Å². The molecule has 0 unspecified atom stereocenters. The molecule has 184 valence electrons. The molecule has 2 saturated heterocycles. The molecule has 2 fully saturated rings. The summed E-state index contributed by atoms with van der Waals surface area (Å²) < 4.78 is 75.7. The molecule has 6 nitrogen and oxygen atoms in total. The van der Waals surface area contributed by atoms with Crippen LogP contribution in [0.15, 0.2) is 36.4 Å². The van der Waals surface area contributed by atoms with Crippen LogP contribution in [0.2, 0.25) is 0 Å². The summed E-state index contributed by atoms with van der Waals surface area (Å²) in [5.41, 5.74) is -1.09. The molecular formula is C24H28BF3O6. The number of alkyl halides is 3. The first-order valence-electron chi connectivity index (χ1n) is 11.0. The van der Waals surface area contributed by atoms with Gasteiger partial charge in [0.05, 0.1) is 37.1 Å². The molecule has 0 bridgehead atoms. The first-order valence-corrected chi connectivity index (χ1v) is 11.0. The molecule has 0 spiro atoms. The zero-order valence-electron chi connectivity index (χ0n) is 19.8. The lowest BCUT2D eigenvalue weighted by molar-refractivity contribution is -0.138. The Bertz CT molecular complexity index is 1020. The Morgan fingerprint density at radius 3 is 2.18 bits per heavy atom. The molecule has 2 aromatic rings. The average Bonchev–Trinajstić information content (AvgIpc) is 3.37. The second-order valence-electron chi connectivity index (χ2n) is 9.28. The molecule has 2 heterocycles. The van der Waals surface area contributed by atoms with Gasteiger partial charge in [-0.2, -0.15) is 13.2 Å². The molecule has 34 heavy (non-hydrogen) atoms. The molecule has 2 aliphatic heterocycles. The van der Waals surface area contributed by atoms with E-state index in [0.29, 0.717) is 30.2 Å². The largest absolute Gasteiger partial charge is 0.494 e. The summed E-state index contributed by atoms with van der Waals surface area (Å²) in [7, 11) is 0.566. The van der Waals surface area contributed by atoms with Gasteiger partial charge in [-0.15, -0.1) is 0 Å². The molecule has 0 amide bonds. The fourth-order valence-corrected chi connectivity index (χ4v) is 3.77. The van der Waals surface area contributed by atoms with Crippen molar-refractivity contribution in [1.82, 2.24) is 0 Å². The zero-order valence-corrected chi connectivity index (χ0v) is 19.8. The van der Waals surface area contributed by atoms with Crippen LogP contribution >= 0.6 is 0 Å². The molecule has 0 N–H and O–H groups in total. The van der Waals surface area contributed by atoms with Gasteiger partial charge in [-0.05, 0) is 51.4 Å². The molecule has 0 saturated carbocycles. The highest BCUT2D eigenvalue weighted by Crippen LogP contribution is 2.38. The van der Waals surface area contributed by atoms with Gasteiger partial charge in [0.15, 0.2) is 17.8 Å². The van der Waals surface area contributed by atoms with Crippen LogP contribution in [0.3, 0.4) is 0 Å². The Morgan fingerprint density at radius 2 is 1.59 bits per heavy atom. The third kappa shape index (κ3) is 4.91. The minimum Gasteiger partial charge on any atom is -0.493 e. The third-order valence-electron chi connectivity index (χ3n) is 6.43. The lowest BCUT2D eigenvalue weighted by Crippen LogP contribution is -2.41. The van der Waals surface area contributed by atoms with Crippen molar-refractivity contribution >= 4 is 12.6 Å². The van der Waals surface area contributed by atoms with E-state index in [2.05, 4.69) is 0 Å². The van der Waals surface area contributed by atoms with E-state index in [0.717, 1.165) is 11.6 Å². The van der Waals surface area contributed by atoms with Crippen LogP contribution in [-0.2, 0) is 31.6 Å². The average molecular weight is 480 g/mol. The van der Waals surface area contributed by atoms with Crippen LogP contribution < -0.4 is 14.9 Å². The second-order valence-corrected chi connectivity index (χ2v) is 9.28. The van der Waals surface area contributed by atoms with Crippen molar-refractivity contribution in [3.05, 3.63) is 53.1 Å². The topological polar surface area (TPSA) is 55.4 Å². The first kappa shape index (κ1) is 24.8. The highest BCUT2D eigenvalue weighted by atomic mass is 19.4. The number of ether oxygens (including phenoxy) is 4. The number of hydrogen-bond acceptors (Lipinski definition) is 6. The van der Waals surface area contributed by atoms with E-state index >= 15 is 0 Å². The van der Waals surface area contributed by atoms with E-state index < -0.39 is 36.4 Å². The smallest absolute Gasteiger partial charge is 0.493 e. The summed E-state index contributed by atoms with van der Waals surface area (Å²) in [6.07, 6.45) is -5.08. The van der Waals surface area contributed by atoms with Crippen molar-refractivity contribution in [2.75, 3.05) is 20.3 Å². The highest BCUT2D eigenvalue weighted by molar-refractivity contribution is 6.62. The van der Waals surface area contributed by atoms with Gasteiger partial charge in [0.1, 0.15) is 6.61 Å². The lowest BCUT2D eigenvalue weighted by atomic mass is 9.77. The van der Waals surface area contributed by atoms with Crippen LogP contribution in [-0.4, -0.2) is 38.6 Å². The van der Waals surface area contributed by atoms with Crippen molar-refractivity contribution in [3.63, 3.8) is 0 Å². The maximum absolute atomic E-state index is 13.9. The van der Waals surface area contributed by atoms with Gasteiger partial charge in [-0.25, -0.2) is 0 Å². The molecule has 10 heteroatoms. The summed E-state index contributed by atoms with van der Waals surface area (Å²) >= 11 is 0. The zero-order chi connectivity index (χ0) is 24.7. The van der Waals surface area contributed by atoms with Gasteiger partial charge < -0.3 is 28.3 Å². The number of halogens is 3. The lowest BCUT2D eigenvalue weighted by Gasteiger charge is -2.32. The maximum atomic E-state index is 13.9. The SMILES string of the molecule is COc1cc(C2OCCO2)ccc1OCc1ccc(B2OC(C)(C)C(C)(C)O2)cc1C(F)(F)F. The summed E-state index contributed by atoms with van der Waals surface area (Å²) in [5, 5.41) is 0. The van der Waals surface area contributed by atoms with Crippen LogP contribution in [0.5, 0.6) is 11.5 Å². The molecule has 2 aliphatic rings. The summed E-state index contributed by atoms with van der Waals surface area (Å²) in [6.45, 7) is 8.09. The van der Waals surface area contributed by atoms with E-state index in [9.17, 15) is 13.2 Å². The monoisotopic (exact) mass is 480 g/mol. The Hall–Kier alpha value is -2.27. The molecule has 0 radical (unpaired) electrons. The Morgan fingerprint density at radius 1 is 0.941 bits per heavy atom. The minimum absolute atomic E-state index is 0.0126. The van der Waals surface area contributed by atoms with Crippen molar-refractivity contribution in [3.8, 4) is 11.5 Å². The molecule has 0 aliphatic carbocycles. The van der Waals surface area contributed by atoms with E-state index in [1.165, 1.54) is 13.2 Å². The molecule has 0 aromatic heterocycles. The van der Waals surface area contributed by atoms with Crippen molar-refractivity contribution < 1.29 is 41.4 Å². The van der Waals surface area contributed by atoms with Gasteiger partial charge in [0.25, 0.3) is 0 Å². The molecule has 2 aromatic carbocycles. The van der Waals surface area contributed by atoms with Crippen LogP contribution in [0.4, 0.5) is 13.2 Å². The number of hydrogen-bond donors (Lipinski definition) is 0. The van der Waals surface area contributed by atoms with E-state index in [1.807, 2.05) is 27.7 Å². The Kier molecular flexibility index (Phi) is 6.63. The van der Waals surface area contributed by atoms with E-state index in [4.69, 9.17) is 28.3 Å². The Labute approximate surface area is 197 Å². The molecule has 0 atom stereocenters. The quantitative estimate of drug-likeness (QED) is 0.562. The summed E-state index contributed by atoms with van der Waals surface area (Å²) in [5.74, 6) is 0.686. The summed E-state index contributed by atoms with van der Waals surface area (Å²) in [4.78, 5) is 0. The number of rotatable bonds is 6. The normalized spacial score (nSPS) is 20.1. The van der Waals surface area contributed by atoms with Gasteiger partial charge in [-0.1, -0.05) is 18.2 Å². The van der Waals surface area contributed by atoms with Crippen LogP contribution in [0.1, 0.15) is 50.7 Å². The fourth-order valence-electron chi connectivity index (χ4n) is 3.77. The van der Waals surface area contributed by atoms with Crippen molar-refractivity contribution in [2.45, 2.75) is 58.0 Å². The predicted octanol–water partition coefficient (Wildman–Crippen LogP) is 4.64. The molecule has 4 rings (SSSR count). The van der Waals surface area contributed by atoms with Crippen LogP contribution in [0.25, 0.3) is 0 Å². The van der Waals surface area contributed by atoms with Gasteiger partial charge in [0, 0.05) is 11.1 Å². The van der Waals surface area contributed by atoms with Gasteiger partial charge in [0.2, 0.25) is 0 Å². The highest BCUT2D eigenvalue weighted by Gasteiger charge is 2.52. The number of methoxy groups -OCH3 is 1. The van der Waals surface area contributed by atoms with E-state index in [1.54, 1.807) is 24.3 Å². The Balaban J connectivity index is 1.55. The van der Waals surface area contributed by atoms with Crippen molar-refractivity contribution in [2.24, 2.45) is 0 Å². The maximum Gasteiger partial charge on any atom is 0.494 e. The summed E-state index contributed by atoms with van der Waals surface area (Å²) in [6, 6.07) is 9.09. The number of benzene rings is 2. The first-order chi connectivity index (χ1) is 15.9. The standard InChI is InChI=1S/C24H28BF3O6/c1-22(2)23(3,4)34-25(33-22)17-8-6-16(18(13-17)24(26,27)28)14-32-19-9-7-15(12-20(19)29-5)21-30-10-11-31-21/h6-9,12-13,21H,10-11,14H2,1-5H3. The minimum atomic E-state index is -4.58. The van der Waals surface area contributed by atoms with Crippen LogP contribution in [0, 0.1) is 0 Å². The third-order valence-corrected chi connectivity index (χ3v) is 6.43. The predicted molar refractivity (Wildman–Crippen MR) is 119 cm³/mol.